The van der Waals surface area contributed by atoms with Crippen LogP contribution < -0.4 is 5.32 Å². The van der Waals surface area contributed by atoms with Crippen LogP contribution in [0.15, 0.2) is 6.07 Å². The maximum absolute atomic E-state index is 4.68. The van der Waals surface area contributed by atoms with E-state index < -0.39 is 0 Å². The maximum Gasteiger partial charge on any atom is 0.0768 e. The Morgan fingerprint density at radius 1 is 1.44 bits per heavy atom. The number of hydrogen-bond donors (Lipinski definition) is 1. The monoisotopic (exact) mass is 222 g/mol. The first-order valence-corrected chi connectivity index (χ1v) is 6.32. The molecule has 0 atom stereocenters. The molecule has 90 valence electrons. The van der Waals surface area contributed by atoms with Gasteiger partial charge in [0.15, 0.2) is 0 Å². The Balaban J connectivity index is 2.06. The topological polar surface area (TPSA) is 33.1 Å². The summed E-state index contributed by atoms with van der Waals surface area (Å²) >= 11 is 0. The lowest BCUT2D eigenvalue weighted by molar-refractivity contribution is 0.291. The summed E-state index contributed by atoms with van der Waals surface area (Å²) in [6.07, 6.45) is 1.18. The molecule has 1 N–H and O–H groups in total. The third-order valence-electron chi connectivity index (χ3n) is 3.22. The fourth-order valence-corrected chi connectivity index (χ4v) is 2.17. The Bertz CT molecular complexity index is 304. The van der Waals surface area contributed by atoms with Gasteiger partial charge in [-0.2, -0.15) is 5.10 Å². The quantitative estimate of drug-likeness (QED) is 0.831. The number of nitrogens with zero attached hydrogens (tertiary/aromatic N) is 3. The normalized spacial score (nSPS) is 16.2. The molecule has 0 spiro atoms. The molecule has 0 unspecified atom stereocenters. The first kappa shape index (κ1) is 11.6. The van der Waals surface area contributed by atoms with E-state index in [1.54, 1.807) is 0 Å². The van der Waals surface area contributed by atoms with E-state index >= 15 is 0 Å². The summed E-state index contributed by atoms with van der Waals surface area (Å²) in [5, 5.41) is 8.11. The van der Waals surface area contributed by atoms with Crippen molar-refractivity contribution in [3.05, 3.63) is 17.5 Å². The Hall–Kier alpha value is -0.870. The third kappa shape index (κ3) is 2.62. The van der Waals surface area contributed by atoms with Gasteiger partial charge in [-0.25, -0.2) is 0 Å². The SMILES string of the molecule is CCN(CC)Cc1cc2n(n1)CCCNC2. The van der Waals surface area contributed by atoms with Gasteiger partial charge < -0.3 is 5.32 Å². The molecule has 1 aromatic rings. The van der Waals surface area contributed by atoms with Gasteiger partial charge in [0, 0.05) is 19.6 Å². The van der Waals surface area contributed by atoms with Crippen LogP contribution in [0, 0.1) is 0 Å². The highest BCUT2D eigenvalue weighted by Gasteiger charge is 2.11. The van der Waals surface area contributed by atoms with Crippen molar-refractivity contribution in [2.24, 2.45) is 0 Å². The molecule has 16 heavy (non-hydrogen) atoms. The van der Waals surface area contributed by atoms with E-state index in [0.717, 1.165) is 39.3 Å². The zero-order valence-corrected chi connectivity index (χ0v) is 10.4. The van der Waals surface area contributed by atoms with Crippen LogP contribution in [0.2, 0.25) is 0 Å². The molecule has 0 aliphatic carbocycles. The van der Waals surface area contributed by atoms with Gasteiger partial charge in [0.2, 0.25) is 0 Å². The molecular weight excluding hydrogens is 200 g/mol. The van der Waals surface area contributed by atoms with E-state index in [1.807, 2.05) is 0 Å². The van der Waals surface area contributed by atoms with Crippen molar-refractivity contribution in [1.29, 1.82) is 0 Å². The molecule has 2 rings (SSSR count). The maximum atomic E-state index is 4.68. The predicted molar refractivity (Wildman–Crippen MR) is 65.2 cm³/mol. The molecule has 0 bridgehead atoms. The smallest absolute Gasteiger partial charge is 0.0768 e. The lowest BCUT2D eigenvalue weighted by Gasteiger charge is -2.15. The lowest BCUT2D eigenvalue weighted by atomic mass is 10.3. The fraction of sp³-hybridized carbons (Fsp3) is 0.750. The molecule has 0 saturated carbocycles. The third-order valence-corrected chi connectivity index (χ3v) is 3.22. The van der Waals surface area contributed by atoms with Crippen LogP contribution in [-0.4, -0.2) is 34.3 Å². The van der Waals surface area contributed by atoms with Crippen molar-refractivity contribution in [2.45, 2.75) is 39.9 Å². The average Bonchev–Trinajstić information content (AvgIpc) is 2.56. The van der Waals surface area contributed by atoms with Gasteiger partial charge in [-0.05, 0) is 32.1 Å². The van der Waals surface area contributed by atoms with Crippen LogP contribution in [0.25, 0.3) is 0 Å². The predicted octanol–water partition coefficient (Wildman–Crippen LogP) is 1.22. The second-order valence-corrected chi connectivity index (χ2v) is 4.34. The van der Waals surface area contributed by atoms with Crippen molar-refractivity contribution in [3.63, 3.8) is 0 Å². The summed E-state index contributed by atoms with van der Waals surface area (Å²) in [4.78, 5) is 2.40. The number of fused-ring (bicyclic) bond motifs is 1. The zero-order chi connectivity index (χ0) is 11.4. The van der Waals surface area contributed by atoms with E-state index in [-0.39, 0.29) is 0 Å². The number of aromatic nitrogens is 2. The van der Waals surface area contributed by atoms with E-state index in [2.05, 4.69) is 39.9 Å². The number of rotatable bonds is 4. The minimum Gasteiger partial charge on any atom is -0.311 e. The van der Waals surface area contributed by atoms with Crippen molar-refractivity contribution < 1.29 is 0 Å². The van der Waals surface area contributed by atoms with Crippen LogP contribution in [0.5, 0.6) is 0 Å². The Morgan fingerprint density at radius 3 is 3.00 bits per heavy atom. The Labute approximate surface area is 97.6 Å². The molecule has 4 nitrogen and oxygen atoms in total. The van der Waals surface area contributed by atoms with Gasteiger partial charge in [0.1, 0.15) is 0 Å². The first-order valence-electron chi connectivity index (χ1n) is 6.32. The largest absolute Gasteiger partial charge is 0.311 e. The van der Waals surface area contributed by atoms with Crippen LogP contribution >= 0.6 is 0 Å². The molecule has 1 aliphatic rings. The molecule has 0 amide bonds. The summed E-state index contributed by atoms with van der Waals surface area (Å²) in [6.45, 7) is 10.7. The molecule has 0 fully saturated rings. The summed E-state index contributed by atoms with van der Waals surface area (Å²) in [6, 6.07) is 2.25. The van der Waals surface area contributed by atoms with Crippen molar-refractivity contribution in [3.8, 4) is 0 Å². The summed E-state index contributed by atoms with van der Waals surface area (Å²) in [7, 11) is 0. The lowest BCUT2D eigenvalue weighted by Crippen LogP contribution is -2.22. The van der Waals surface area contributed by atoms with E-state index in [4.69, 9.17) is 0 Å². The van der Waals surface area contributed by atoms with Gasteiger partial charge in [0.05, 0.1) is 11.4 Å². The van der Waals surface area contributed by atoms with Crippen molar-refractivity contribution >= 4 is 0 Å². The molecule has 0 radical (unpaired) electrons. The van der Waals surface area contributed by atoms with Gasteiger partial charge in [-0.1, -0.05) is 13.8 Å². The minimum absolute atomic E-state index is 0.964. The highest BCUT2D eigenvalue weighted by Crippen LogP contribution is 2.10. The summed E-state index contributed by atoms with van der Waals surface area (Å²) < 4.78 is 2.17. The molecule has 0 aromatic carbocycles. The summed E-state index contributed by atoms with van der Waals surface area (Å²) in [5.74, 6) is 0. The Kier molecular flexibility index (Phi) is 3.96. The van der Waals surface area contributed by atoms with Gasteiger partial charge in [0.25, 0.3) is 0 Å². The molecule has 1 aromatic heterocycles. The minimum atomic E-state index is 0.964. The van der Waals surface area contributed by atoms with E-state index in [0.29, 0.717) is 0 Å². The van der Waals surface area contributed by atoms with Crippen LogP contribution in [0.3, 0.4) is 0 Å². The summed E-state index contributed by atoms with van der Waals surface area (Å²) in [5.41, 5.74) is 2.54. The molecular formula is C12H22N4. The molecule has 0 saturated heterocycles. The molecule has 4 heteroatoms. The van der Waals surface area contributed by atoms with E-state index in [1.165, 1.54) is 17.8 Å². The van der Waals surface area contributed by atoms with Gasteiger partial charge >= 0.3 is 0 Å². The van der Waals surface area contributed by atoms with Crippen molar-refractivity contribution in [2.75, 3.05) is 19.6 Å². The Morgan fingerprint density at radius 2 is 2.25 bits per heavy atom. The van der Waals surface area contributed by atoms with Crippen molar-refractivity contribution in [1.82, 2.24) is 20.0 Å². The fourth-order valence-electron chi connectivity index (χ4n) is 2.17. The highest BCUT2D eigenvalue weighted by atomic mass is 15.3. The van der Waals surface area contributed by atoms with Gasteiger partial charge in [-0.3, -0.25) is 9.58 Å². The average molecular weight is 222 g/mol. The number of hydrogen-bond acceptors (Lipinski definition) is 3. The molecule has 2 heterocycles. The second-order valence-electron chi connectivity index (χ2n) is 4.34. The van der Waals surface area contributed by atoms with Crippen LogP contribution in [0.1, 0.15) is 31.7 Å². The van der Waals surface area contributed by atoms with E-state index in [9.17, 15) is 0 Å². The number of aryl methyl sites for hydroxylation is 1. The second kappa shape index (κ2) is 5.46. The molecule has 1 aliphatic heterocycles. The van der Waals surface area contributed by atoms with Crippen LogP contribution in [-0.2, 0) is 19.6 Å². The van der Waals surface area contributed by atoms with Crippen LogP contribution in [0.4, 0.5) is 0 Å². The standard InChI is InChI=1S/C12H22N4/c1-3-15(4-2)10-11-8-12-9-13-6-5-7-16(12)14-11/h8,13H,3-7,9-10H2,1-2H3. The highest BCUT2D eigenvalue weighted by molar-refractivity contribution is 5.11. The zero-order valence-electron chi connectivity index (χ0n) is 10.4. The first-order chi connectivity index (χ1) is 7.83. The number of nitrogens with one attached hydrogen (secondary N) is 1. The van der Waals surface area contributed by atoms with Gasteiger partial charge in [-0.15, -0.1) is 0 Å².